The molecule has 0 radical (unpaired) electrons. The normalized spacial score (nSPS) is 27.2. The molecule has 1 aromatic carbocycles. The average molecular weight is 268 g/mol. The minimum Gasteiger partial charge on any atom is -0.468 e. The Morgan fingerprint density at radius 3 is 3.06 bits per heavy atom. The van der Waals surface area contributed by atoms with Gasteiger partial charge in [-0.05, 0) is 49.9 Å². The number of hydrogen-bond acceptors (Lipinski definition) is 3. The van der Waals surface area contributed by atoms with Gasteiger partial charge in [-0.3, -0.25) is 4.79 Å². The first-order valence-electron chi connectivity index (χ1n) is 6.11. The highest BCUT2D eigenvalue weighted by Gasteiger charge is 2.41. The van der Waals surface area contributed by atoms with E-state index in [1.165, 1.54) is 12.7 Å². The highest BCUT2D eigenvalue weighted by Crippen LogP contribution is 2.28. The number of benzene rings is 1. The van der Waals surface area contributed by atoms with E-state index in [0.29, 0.717) is 5.92 Å². The Kier molecular flexibility index (Phi) is 3.93. The molecule has 4 heteroatoms. The van der Waals surface area contributed by atoms with Crippen molar-refractivity contribution < 1.29 is 9.53 Å². The van der Waals surface area contributed by atoms with Crippen molar-refractivity contribution in [2.45, 2.75) is 25.3 Å². The smallest absolute Gasteiger partial charge is 0.325 e. The van der Waals surface area contributed by atoms with Crippen molar-refractivity contribution in [3.8, 4) is 0 Å². The number of halogens is 1. The lowest BCUT2D eigenvalue weighted by Gasteiger charge is -2.20. The fraction of sp³-hybridized carbons (Fsp3) is 0.500. The molecular weight excluding hydrogens is 250 g/mol. The quantitative estimate of drug-likeness (QED) is 0.855. The molecule has 98 valence electrons. The Labute approximate surface area is 112 Å². The number of carbonyl (C=O) groups excluding carboxylic acids is 1. The number of carbonyl (C=O) groups is 1. The Morgan fingerprint density at radius 2 is 2.39 bits per heavy atom. The van der Waals surface area contributed by atoms with E-state index in [4.69, 9.17) is 16.3 Å². The number of hydrogen-bond donors (Lipinski definition) is 1. The van der Waals surface area contributed by atoms with Gasteiger partial charge in [0.05, 0.1) is 7.11 Å². The van der Waals surface area contributed by atoms with Crippen LogP contribution in [0.3, 0.4) is 0 Å². The van der Waals surface area contributed by atoms with E-state index < -0.39 is 5.54 Å². The van der Waals surface area contributed by atoms with Crippen molar-refractivity contribution in [3.63, 3.8) is 0 Å². The summed E-state index contributed by atoms with van der Waals surface area (Å²) in [5.41, 5.74) is 0.668. The van der Waals surface area contributed by atoms with Gasteiger partial charge in [0.15, 0.2) is 0 Å². The van der Waals surface area contributed by atoms with Crippen molar-refractivity contribution >= 4 is 17.6 Å². The molecule has 1 heterocycles. The lowest BCUT2D eigenvalue weighted by Crippen LogP contribution is -2.45. The van der Waals surface area contributed by atoms with Crippen LogP contribution < -0.4 is 5.32 Å². The van der Waals surface area contributed by atoms with Gasteiger partial charge in [0.1, 0.15) is 5.54 Å². The molecule has 1 aliphatic heterocycles. The maximum Gasteiger partial charge on any atom is 0.325 e. The molecule has 2 atom stereocenters. The van der Waals surface area contributed by atoms with Gasteiger partial charge in [0.2, 0.25) is 0 Å². The molecule has 2 rings (SSSR count). The summed E-state index contributed by atoms with van der Waals surface area (Å²) in [7, 11) is 1.43. The fourth-order valence-corrected chi connectivity index (χ4v) is 2.83. The van der Waals surface area contributed by atoms with Crippen molar-refractivity contribution in [3.05, 3.63) is 34.9 Å². The van der Waals surface area contributed by atoms with E-state index in [1.807, 2.05) is 25.1 Å². The summed E-state index contributed by atoms with van der Waals surface area (Å²) >= 11 is 5.97. The molecule has 0 bridgehead atoms. The van der Waals surface area contributed by atoms with Gasteiger partial charge in [0.25, 0.3) is 0 Å². The van der Waals surface area contributed by atoms with Gasteiger partial charge in [-0.1, -0.05) is 23.7 Å². The zero-order valence-corrected chi connectivity index (χ0v) is 11.5. The second-order valence-electron chi connectivity index (χ2n) is 5.11. The van der Waals surface area contributed by atoms with Gasteiger partial charge >= 0.3 is 5.97 Å². The number of esters is 1. The minimum atomic E-state index is -0.544. The van der Waals surface area contributed by atoms with Crippen molar-refractivity contribution in [2.24, 2.45) is 5.92 Å². The van der Waals surface area contributed by atoms with Crippen molar-refractivity contribution in [1.82, 2.24) is 5.32 Å². The standard InChI is InChI=1S/C14H18ClNO2/c1-14(13(17)18-2)8-11(9-16-14)6-10-4-3-5-12(15)7-10/h3-5,7,11,16H,6,8-9H2,1-2H3. The summed E-state index contributed by atoms with van der Waals surface area (Å²) in [5, 5.41) is 4.02. The molecule has 1 aliphatic rings. The Morgan fingerprint density at radius 1 is 1.61 bits per heavy atom. The number of nitrogens with one attached hydrogen (secondary N) is 1. The predicted octanol–water partition coefficient (Wildman–Crippen LogP) is 2.42. The van der Waals surface area contributed by atoms with E-state index in [-0.39, 0.29) is 5.97 Å². The summed E-state index contributed by atoms with van der Waals surface area (Å²) in [6, 6.07) is 7.88. The SMILES string of the molecule is COC(=O)C1(C)CC(Cc2cccc(Cl)c2)CN1. The van der Waals surface area contributed by atoms with Crippen LogP contribution >= 0.6 is 11.6 Å². The maximum atomic E-state index is 11.7. The molecule has 1 saturated heterocycles. The van der Waals surface area contributed by atoms with Crippen LogP contribution in [0.4, 0.5) is 0 Å². The van der Waals surface area contributed by atoms with Gasteiger partial charge in [-0.25, -0.2) is 0 Å². The third-order valence-electron chi connectivity index (χ3n) is 3.53. The second-order valence-corrected chi connectivity index (χ2v) is 5.55. The van der Waals surface area contributed by atoms with Crippen LogP contribution in [0, 0.1) is 5.92 Å². The molecule has 2 unspecified atom stereocenters. The van der Waals surface area contributed by atoms with Gasteiger partial charge in [0, 0.05) is 5.02 Å². The Balaban J connectivity index is 2.00. The monoisotopic (exact) mass is 267 g/mol. The topological polar surface area (TPSA) is 38.3 Å². The first kappa shape index (κ1) is 13.4. The first-order chi connectivity index (χ1) is 8.53. The molecule has 0 spiro atoms. The van der Waals surface area contributed by atoms with E-state index >= 15 is 0 Å². The second kappa shape index (κ2) is 5.29. The van der Waals surface area contributed by atoms with Gasteiger partial charge in [-0.2, -0.15) is 0 Å². The maximum absolute atomic E-state index is 11.7. The molecule has 0 saturated carbocycles. The zero-order valence-electron chi connectivity index (χ0n) is 10.7. The van der Waals surface area contributed by atoms with Crippen molar-refractivity contribution in [2.75, 3.05) is 13.7 Å². The number of ether oxygens (including phenoxy) is 1. The number of methoxy groups -OCH3 is 1. The third kappa shape index (κ3) is 2.85. The molecule has 1 aromatic rings. The molecular formula is C14H18ClNO2. The Bertz CT molecular complexity index is 449. The van der Waals surface area contributed by atoms with Crippen LogP contribution in [-0.4, -0.2) is 25.2 Å². The average Bonchev–Trinajstić information content (AvgIpc) is 2.71. The molecule has 1 N–H and O–H groups in total. The van der Waals surface area contributed by atoms with Crippen LogP contribution in [0.25, 0.3) is 0 Å². The molecule has 0 amide bonds. The van der Waals surface area contributed by atoms with Crippen LogP contribution in [0.15, 0.2) is 24.3 Å². The molecule has 0 aliphatic carbocycles. The predicted molar refractivity (Wildman–Crippen MR) is 71.7 cm³/mol. The lowest BCUT2D eigenvalue weighted by atomic mass is 9.91. The zero-order chi connectivity index (χ0) is 13.2. The highest BCUT2D eigenvalue weighted by atomic mass is 35.5. The summed E-state index contributed by atoms with van der Waals surface area (Å²) in [4.78, 5) is 11.7. The molecule has 18 heavy (non-hydrogen) atoms. The summed E-state index contributed by atoms with van der Waals surface area (Å²) in [6.07, 6.45) is 1.73. The molecule has 1 fully saturated rings. The highest BCUT2D eigenvalue weighted by molar-refractivity contribution is 6.30. The fourth-order valence-electron chi connectivity index (χ4n) is 2.61. The van der Waals surface area contributed by atoms with Gasteiger partial charge < -0.3 is 10.1 Å². The van der Waals surface area contributed by atoms with E-state index in [1.54, 1.807) is 0 Å². The summed E-state index contributed by atoms with van der Waals surface area (Å²) in [5.74, 6) is 0.253. The van der Waals surface area contributed by atoms with Crippen LogP contribution in [0.2, 0.25) is 5.02 Å². The van der Waals surface area contributed by atoms with E-state index in [9.17, 15) is 4.79 Å². The third-order valence-corrected chi connectivity index (χ3v) is 3.76. The van der Waals surface area contributed by atoms with Crippen LogP contribution in [0.5, 0.6) is 0 Å². The molecule has 0 aromatic heterocycles. The van der Waals surface area contributed by atoms with E-state index in [2.05, 4.69) is 11.4 Å². The first-order valence-corrected chi connectivity index (χ1v) is 6.49. The molecule has 3 nitrogen and oxygen atoms in total. The van der Waals surface area contributed by atoms with E-state index in [0.717, 1.165) is 24.4 Å². The summed E-state index contributed by atoms with van der Waals surface area (Å²) in [6.45, 7) is 2.73. The van der Waals surface area contributed by atoms with Crippen LogP contribution in [-0.2, 0) is 16.0 Å². The largest absolute Gasteiger partial charge is 0.468 e. The Hall–Kier alpha value is -1.06. The van der Waals surface area contributed by atoms with Crippen molar-refractivity contribution in [1.29, 1.82) is 0 Å². The summed E-state index contributed by atoms with van der Waals surface area (Å²) < 4.78 is 4.83. The number of rotatable bonds is 3. The van der Waals surface area contributed by atoms with Gasteiger partial charge in [-0.15, -0.1) is 0 Å². The van der Waals surface area contributed by atoms with Crippen LogP contribution in [0.1, 0.15) is 18.9 Å². The lowest BCUT2D eigenvalue weighted by molar-refractivity contribution is -0.147. The minimum absolute atomic E-state index is 0.184.